The van der Waals surface area contributed by atoms with Crippen molar-refractivity contribution in [3.8, 4) is 0 Å². The van der Waals surface area contributed by atoms with Gasteiger partial charge in [0.05, 0.1) is 12.0 Å². The highest BCUT2D eigenvalue weighted by Gasteiger charge is 2.34. The van der Waals surface area contributed by atoms with Gasteiger partial charge in [-0.05, 0) is 42.0 Å². The number of nitrogens with one attached hydrogen (secondary N) is 4. The number of carbonyl (C=O) groups is 2. The highest BCUT2D eigenvalue weighted by molar-refractivity contribution is 5.96. The molecule has 27 heavy (non-hydrogen) atoms. The molecule has 4 N–H and O–H groups in total. The molecular formula is C19H20FN5O2. The highest BCUT2D eigenvalue weighted by Crippen LogP contribution is 2.27. The Morgan fingerprint density at radius 2 is 1.85 bits per heavy atom. The number of carbonyl (C=O) groups excluding carboxylic acids is 2. The molecule has 0 aromatic heterocycles. The summed E-state index contributed by atoms with van der Waals surface area (Å²) in [6.45, 7) is 1.73. The summed E-state index contributed by atoms with van der Waals surface area (Å²) in [5.74, 6) is -0.773. The van der Waals surface area contributed by atoms with Crippen molar-refractivity contribution in [2.75, 3.05) is 29.9 Å². The van der Waals surface area contributed by atoms with Crippen molar-refractivity contribution in [3.05, 3.63) is 59.9 Å². The van der Waals surface area contributed by atoms with Crippen molar-refractivity contribution < 1.29 is 14.0 Å². The van der Waals surface area contributed by atoms with Crippen LogP contribution in [0.3, 0.4) is 0 Å². The second kappa shape index (κ2) is 7.34. The van der Waals surface area contributed by atoms with E-state index in [9.17, 15) is 14.0 Å². The maximum absolute atomic E-state index is 13.1. The zero-order valence-electron chi connectivity index (χ0n) is 14.5. The van der Waals surface area contributed by atoms with E-state index < -0.39 is 0 Å². The Balaban J connectivity index is 1.43. The van der Waals surface area contributed by atoms with Gasteiger partial charge in [-0.3, -0.25) is 15.1 Å². The molecule has 2 atom stereocenters. The third kappa shape index (κ3) is 3.62. The molecule has 0 spiro atoms. The maximum Gasteiger partial charge on any atom is 0.321 e. The van der Waals surface area contributed by atoms with Crippen LogP contribution in [0.4, 0.5) is 20.6 Å². The smallest absolute Gasteiger partial charge is 0.321 e. The molecule has 2 aliphatic rings. The molecule has 2 unspecified atom stereocenters. The lowest BCUT2D eigenvalue weighted by Gasteiger charge is -2.19. The standard InChI is InChI=1S/C19H20FN5O2/c20-13-3-1-12(2-4-13)17-16(11-22-24-17)18(26)23-14-5-7-15(8-6-14)25-10-9-21-19(25)27/h1-8,16-17,22,24H,9-11H2,(H,21,27)(H,23,26). The Morgan fingerprint density at radius 1 is 1.11 bits per heavy atom. The van der Waals surface area contributed by atoms with E-state index in [0.717, 1.165) is 11.3 Å². The van der Waals surface area contributed by atoms with Crippen molar-refractivity contribution >= 4 is 23.3 Å². The van der Waals surface area contributed by atoms with Crippen molar-refractivity contribution in [2.24, 2.45) is 5.92 Å². The van der Waals surface area contributed by atoms with Crippen LogP contribution in [0.2, 0.25) is 0 Å². The minimum atomic E-state index is -0.334. The fourth-order valence-electron chi connectivity index (χ4n) is 3.40. The summed E-state index contributed by atoms with van der Waals surface area (Å²) >= 11 is 0. The minimum absolute atomic E-state index is 0.114. The first-order valence-electron chi connectivity index (χ1n) is 8.82. The van der Waals surface area contributed by atoms with Crippen LogP contribution < -0.4 is 26.4 Å². The van der Waals surface area contributed by atoms with Gasteiger partial charge in [0.15, 0.2) is 0 Å². The van der Waals surface area contributed by atoms with Crippen LogP contribution in [0.25, 0.3) is 0 Å². The molecule has 0 bridgehead atoms. The molecular weight excluding hydrogens is 349 g/mol. The zero-order valence-corrected chi connectivity index (χ0v) is 14.5. The van der Waals surface area contributed by atoms with Crippen LogP contribution in [0.15, 0.2) is 48.5 Å². The number of hydrogen-bond acceptors (Lipinski definition) is 4. The van der Waals surface area contributed by atoms with Gasteiger partial charge in [-0.1, -0.05) is 12.1 Å². The van der Waals surface area contributed by atoms with Gasteiger partial charge in [-0.15, -0.1) is 0 Å². The van der Waals surface area contributed by atoms with Gasteiger partial charge >= 0.3 is 6.03 Å². The summed E-state index contributed by atoms with van der Waals surface area (Å²) in [6.07, 6.45) is 0. The molecule has 2 aromatic rings. The second-order valence-corrected chi connectivity index (χ2v) is 6.58. The average molecular weight is 369 g/mol. The first-order valence-corrected chi connectivity index (χ1v) is 8.82. The largest absolute Gasteiger partial charge is 0.336 e. The molecule has 4 rings (SSSR count). The molecule has 2 saturated heterocycles. The van der Waals surface area contributed by atoms with Crippen LogP contribution >= 0.6 is 0 Å². The van der Waals surface area contributed by atoms with Crippen LogP contribution in [-0.4, -0.2) is 31.6 Å². The van der Waals surface area contributed by atoms with Crippen LogP contribution in [-0.2, 0) is 4.79 Å². The summed E-state index contributed by atoms with van der Waals surface area (Å²) in [5.41, 5.74) is 8.37. The summed E-state index contributed by atoms with van der Waals surface area (Å²) in [7, 11) is 0. The van der Waals surface area contributed by atoms with Gasteiger partial charge in [0.1, 0.15) is 5.82 Å². The van der Waals surface area contributed by atoms with Gasteiger partial charge in [0.25, 0.3) is 0 Å². The van der Waals surface area contributed by atoms with E-state index in [0.29, 0.717) is 25.3 Å². The average Bonchev–Trinajstić information content (AvgIpc) is 3.32. The van der Waals surface area contributed by atoms with Crippen LogP contribution in [0, 0.1) is 11.7 Å². The molecule has 8 heteroatoms. The van der Waals surface area contributed by atoms with E-state index in [1.165, 1.54) is 12.1 Å². The predicted octanol–water partition coefficient (Wildman–Crippen LogP) is 1.76. The quantitative estimate of drug-likeness (QED) is 0.662. The lowest BCUT2D eigenvalue weighted by atomic mass is 9.94. The SMILES string of the molecule is O=C(Nc1ccc(N2CCNC2=O)cc1)C1CNNC1c1ccc(F)cc1. The molecule has 7 nitrogen and oxygen atoms in total. The summed E-state index contributed by atoms with van der Waals surface area (Å²) in [6, 6.07) is 13.0. The summed E-state index contributed by atoms with van der Waals surface area (Å²) in [4.78, 5) is 26.1. The molecule has 0 aliphatic carbocycles. The van der Waals surface area contributed by atoms with Crippen LogP contribution in [0.1, 0.15) is 11.6 Å². The second-order valence-electron chi connectivity index (χ2n) is 6.58. The fraction of sp³-hybridized carbons (Fsp3) is 0.263. The van der Waals surface area contributed by atoms with Gasteiger partial charge in [-0.2, -0.15) is 0 Å². The molecule has 2 heterocycles. The van der Waals surface area contributed by atoms with Gasteiger partial charge in [-0.25, -0.2) is 14.6 Å². The lowest BCUT2D eigenvalue weighted by molar-refractivity contribution is -0.119. The minimum Gasteiger partial charge on any atom is -0.336 e. The van der Waals surface area contributed by atoms with Gasteiger partial charge in [0, 0.05) is 31.0 Å². The third-order valence-electron chi connectivity index (χ3n) is 4.85. The molecule has 140 valence electrons. The number of hydrogen-bond donors (Lipinski definition) is 4. The zero-order chi connectivity index (χ0) is 18.8. The first-order chi connectivity index (χ1) is 13.1. The number of anilines is 2. The predicted molar refractivity (Wildman–Crippen MR) is 99.6 cm³/mol. The van der Waals surface area contributed by atoms with E-state index >= 15 is 0 Å². The first kappa shape index (κ1) is 17.4. The Kier molecular flexibility index (Phi) is 4.74. The molecule has 2 aliphatic heterocycles. The van der Waals surface area contributed by atoms with E-state index in [4.69, 9.17) is 0 Å². The molecule has 2 fully saturated rings. The van der Waals surface area contributed by atoms with E-state index in [-0.39, 0.29) is 29.7 Å². The molecule has 3 amide bonds. The van der Waals surface area contributed by atoms with Crippen molar-refractivity contribution in [3.63, 3.8) is 0 Å². The number of hydrazine groups is 1. The lowest BCUT2D eigenvalue weighted by Crippen LogP contribution is -2.30. The number of benzene rings is 2. The topological polar surface area (TPSA) is 85.5 Å². The Labute approximate surface area is 155 Å². The van der Waals surface area contributed by atoms with Crippen molar-refractivity contribution in [2.45, 2.75) is 6.04 Å². The summed E-state index contributed by atoms with van der Waals surface area (Å²) < 4.78 is 13.1. The molecule has 0 saturated carbocycles. The molecule has 2 aromatic carbocycles. The Morgan fingerprint density at radius 3 is 2.52 bits per heavy atom. The molecule has 0 radical (unpaired) electrons. The highest BCUT2D eigenvalue weighted by atomic mass is 19.1. The number of amides is 3. The number of halogens is 1. The van der Waals surface area contributed by atoms with Crippen molar-refractivity contribution in [1.82, 2.24) is 16.2 Å². The monoisotopic (exact) mass is 369 g/mol. The van der Waals surface area contributed by atoms with Gasteiger partial charge in [0.2, 0.25) is 5.91 Å². The number of nitrogens with zero attached hydrogens (tertiary/aromatic N) is 1. The van der Waals surface area contributed by atoms with Gasteiger partial charge < -0.3 is 10.6 Å². The summed E-state index contributed by atoms with van der Waals surface area (Å²) in [5, 5.41) is 5.67. The Bertz CT molecular complexity index is 840. The van der Waals surface area contributed by atoms with E-state index in [1.807, 2.05) is 12.1 Å². The maximum atomic E-state index is 13.1. The van der Waals surface area contributed by atoms with Crippen molar-refractivity contribution in [1.29, 1.82) is 0 Å². The fourth-order valence-corrected chi connectivity index (χ4v) is 3.40. The normalized spacial score (nSPS) is 22.0. The van der Waals surface area contributed by atoms with E-state index in [2.05, 4.69) is 21.5 Å². The Hall–Kier alpha value is -2.97. The van der Waals surface area contributed by atoms with E-state index in [1.54, 1.807) is 29.2 Å². The van der Waals surface area contributed by atoms with Crippen LogP contribution in [0.5, 0.6) is 0 Å². The number of urea groups is 1. The number of rotatable bonds is 4. The third-order valence-corrected chi connectivity index (χ3v) is 4.85.